The maximum absolute atomic E-state index is 13.7. The van der Waals surface area contributed by atoms with Crippen LogP contribution in [-0.4, -0.2) is 239 Å². The Bertz CT molecular complexity index is 6760. The highest BCUT2D eigenvalue weighted by Gasteiger charge is 2.45. The number of hydrogen-bond acceptors (Lipinski definition) is 26. The first kappa shape index (κ1) is 101. The topological polar surface area (TPSA) is 413 Å². The van der Waals surface area contributed by atoms with Crippen LogP contribution in [0.2, 0.25) is 0 Å². The normalized spacial score (nSPS) is 18.9. The van der Waals surface area contributed by atoms with Crippen LogP contribution >= 0.6 is 15.9 Å². The van der Waals surface area contributed by atoms with Crippen molar-refractivity contribution in [3.8, 4) is 23.0 Å². The van der Waals surface area contributed by atoms with Gasteiger partial charge in [-0.15, -0.1) is 0 Å². The van der Waals surface area contributed by atoms with Gasteiger partial charge in [-0.2, -0.15) is 37.6 Å². The van der Waals surface area contributed by atoms with E-state index in [9.17, 15) is 62.8 Å². The lowest BCUT2D eigenvalue weighted by atomic mass is 10.1. The van der Waals surface area contributed by atoms with Crippen LogP contribution < -0.4 is 18.9 Å². The van der Waals surface area contributed by atoms with Gasteiger partial charge in [0.15, 0.2) is 6.29 Å². The number of aromatic nitrogens is 8. The Labute approximate surface area is 798 Å². The minimum atomic E-state index is -3.93. The SMILES string of the molecule is C=Cc1cc(OCC)ccc1S(=O)(=O)N1C[C@@H](C)[C@@H](n2nc(CC(=O)OC)c3ccccc32)C1.CCOc1ccc(S(=O)(=O)N2C[C@@H](C)[C@@H](n3nc(CC(=O)O)c4ccccc43)C2)c(C=NOC)c1.CCOc1ccc(S(=O)(=O)N2C[C@@H](C)[C@@H](n3nc(CC(=O)OC)c4ccccc43)C2)c(Br)c1.CCOc1ccc(S(=O)(=O)N2C[C@@H](C)[C@@H](n3nc(CC(=O)OC)c4ccccc43)C2)c(C=O)c1. The summed E-state index contributed by atoms with van der Waals surface area (Å²) in [5, 5.41) is 35.1. The lowest BCUT2D eigenvalue weighted by molar-refractivity contribution is -0.140. The van der Waals surface area contributed by atoms with E-state index in [1.807, 2.05) is 166 Å². The van der Waals surface area contributed by atoms with Gasteiger partial charge in [-0.3, -0.25) is 42.7 Å². The summed E-state index contributed by atoms with van der Waals surface area (Å²) in [5.41, 5.74) is 6.58. The van der Waals surface area contributed by atoms with E-state index < -0.39 is 52.0 Å². The van der Waals surface area contributed by atoms with Crippen molar-refractivity contribution in [3.05, 3.63) is 220 Å². The zero-order valence-electron chi connectivity index (χ0n) is 77.4. The number of carbonyl (C=O) groups excluding carboxylic acids is 4. The number of aldehydes is 1. The molecule has 0 spiro atoms. The number of methoxy groups -OCH3 is 3. The fourth-order valence-corrected chi connectivity index (χ4v) is 25.4. The van der Waals surface area contributed by atoms with Crippen molar-refractivity contribution in [2.24, 2.45) is 28.8 Å². The molecule has 1 N–H and O–H groups in total. The second kappa shape index (κ2) is 43.8. The molecule has 4 aliphatic rings. The zero-order valence-corrected chi connectivity index (χ0v) is 82.2. The van der Waals surface area contributed by atoms with Gasteiger partial charge in [0.05, 0.1) is 168 Å². The Morgan fingerprint density at radius 3 is 0.956 bits per heavy atom. The highest BCUT2D eigenvalue weighted by Crippen LogP contribution is 2.43. The van der Waals surface area contributed by atoms with Gasteiger partial charge in [0.1, 0.15) is 30.1 Å². The third-order valence-electron chi connectivity index (χ3n) is 24.3. The highest BCUT2D eigenvalue weighted by molar-refractivity contribution is 9.10. The highest BCUT2D eigenvalue weighted by atomic mass is 79.9. The summed E-state index contributed by atoms with van der Waals surface area (Å²) in [7, 11) is -9.88. The number of carboxylic acid groups (broad SMARTS) is 1. The predicted octanol–water partition coefficient (Wildman–Crippen LogP) is 13.2. The molecule has 0 bridgehead atoms. The van der Waals surface area contributed by atoms with E-state index in [0.717, 1.165) is 43.6 Å². The molecule has 0 saturated carbocycles. The van der Waals surface area contributed by atoms with Crippen LogP contribution in [0, 0.1) is 23.7 Å². The molecule has 40 heteroatoms. The smallest absolute Gasteiger partial charge is 0.311 e. The quantitative estimate of drug-likeness (QED) is 0.0134. The largest absolute Gasteiger partial charge is 0.494 e. The van der Waals surface area contributed by atoms with Crippen molar-refractivity contribution >= 4 is 142 Å². The predicted molar refractivity (Wildman–Crippen MR) is 513 cm³/mol. The maximum Gasteiger partial charge on any atom is 0.311 e. The number of carboxylic acids is 1. The molecule has 0 radical (unpaired) electrons. The van der Waals surface area contributed by atoms with E-state index in [1.165, 1.54) is 76.1 Å². The monoisotopic (exact) mass is 2000 g/mol. The molecular weight excluding hydrogens is 1900 g/mol. The van der Waals surface area contributed by atoms with Crippen molar-refractivity contribution in [3.63, 3.8) is 0 Å². The molecule has 4 aromatic heterocycles. The molecule has 0 amide bonds. The number of benzene rings is 8. The number of sulfonamides is 4. The van der Waals surface area contributed by atoms with Crippen molar-refractivity contribution in [1.82, 2.24) is 56.3 Å². The number of rotatable bonds is 32. The molecule has 4 aliphatic heterocycles. The minimum absolute atomic E-state index is 0.0129. The van der Waals surface area contributed by atoms with E-state index in [1.54, 1.807) is 59.3 Å². The molecule has 16 rings (SSSR count). The molecular formula is C96H110BrN13O22S4. The average Bonchev–Trinajstić information content (AvgIpc) is 1.61. The zero-order chi connectivity index (χ0) is 97.8. The maximum atomic E-state index is 13.7. The van der Waals surface area contributed by atoms with Crippen LogP contribution in [0.15, 0.2) is 206 Å². The lowest BCUT2D eigenvalue weighted by Crippen LogP contribution is -2.30. The third kappa shape index (κ3) is 21.7. The number of hydrogen-bond donors (Lipinski definition) is 1. The van der Waals surface area contributed by atoms with Crippen LogP contribution in [0.4, 0.5) is 0 Å². The van der Waals surface area contributed by atoms with Crippen LogP contribution in [-0.2, 0) is 104 Å². The van der Waals surface area contributed by atoms with Gasteiger partial charge in [0.25, 0.3) is 0 Å². The van der Waals surface area contributed by atoms with Crippen molar-refractivity contribution < 1.29 is 101 Å². The first-order valence-electron chi connectivity index (χ1n) is 44.3. The number of aliphatic carboxylic acids is 1. The van der Waals surface area contributed by atoms with E-state index in [-0.39, 0.29) is 143 Å². The second-order valence-corrected chi connectivity index (χ2v) is 41.6. The third-order valence-corrected chi connectivity index (χ3v) is 32.8. The fraction of sp³-hybridized carbons (Fsp3) is 0.375. The van der Waals surface area contributed by atoms with E-state index in [2.05, 4.69) is 37.9 Å². The number of oxime groups is 1. The molecule has 8 heterocycles. The summed E-state index contributed by atoms with van der Waals surface area (Å²) < 4.78 is 158. The Hall–Kier alpha value is -12.3. The van der Waals surface area contributed by atoms with Crippen molar-refractivity contribution in [2.45, 2.75) is 125 Å². The molecule has 0 unspecified atom stereocenters. The van der Waals surface area contributed by atoms with E-state index in [4.69, 9.17) is 48.2 Å². The summed E-state index contributed by atoms with van der Waals surface area (Å²) >= 11 is 3.39. The molecule has 722 valence electrons. The van der Waals surface area contributed by atoms with Gasteiger partial charge in [-0.1, -0.05) is 118 Å². The molecule has 136 heavy (non-hydrogen) atoms. The second-order valence-electron chi connectivity index (χ2n) is 33.1. The summed E-state index contributed by atoms with van der Waals surface area (Å²) in [5.74, 6) is 0.0255. The Kier molecular flexibility index (Phi) is 32.6. The summed E-state index contributed by atoms with van der Waals surface area (Å²) in [6.45, 7) is 23.3. The van der Waals surface area contributed by atoms with Gasteiger partial charge < -0.3 is 43.1 Å². The van der Waals surface area contributed by atoms with Crippen LogP contribution in [0.5, 0.6) is 23.0 Å². The first-order chi connectivity index (χ1) is 65.1. The summed E-state index contributed by atoms with van der Waals surface area (Å²) in [6, 6.07) is 48.5. The number of carbonyl (C=O) groups is 5. The molecule has 4 saturated heterocycles. The number of para-hydroxylation sites is 4. The van der Waals surface area contributed by atoms with E-state index >= 15 is 0 Å². The fourth-order valence-electron chi connectivity index (χ4n) is 17.6. The Morgan fingerprint density at radius 2 is 0.669 bits per heavy atom. The average molecular weight is 2010 g/mol. The molecule has 0 aliphatic carbocycles. The Morgan fingerprint density at radius 1 is 0.397 bits per heavy atom. The van der Waals surface area contributed by atoms with Crippen molar-refractivity contribution in [2.75, 3.05) is 107 Å². The number of nitrogens with zero attached hydrogens (tertiary/aromatic N) is 13. The van der Waals surface area contributed by atoms with Gasteiger partial charge in [0, 0.05) is 89.5 Å². The number of halogens is 1. The van der Waals surface area contributed by atoms with Gasteiger partial charge in [0.2, 0.25) is 40.1 Å². The van der Waals surface area contributed by atoms with Crippen LogP contribution in [0.3, 0.4) is 0 Å². The van der Waals surface area contributed by atoms with Gasteiger partial charge >= 0.3 is 23.9 Å². The summed E-state index contributed by atoms with van der Waals surface area (Å²) in [6.07, 6.45) is 3.37. The molecule has 35 nitrogen and oxygen atoms in total. The van der Waals surface area contributed by atoms with Crippen molar-refractivity contribution in [1.29, 1.82) is 0 Å². The first-order valence-corrected chi connectivity index (χ1v) is 50.8. The lowest BCUT2D eigenvalue weighted by Gasteiger charge is -2.19. The molecule has 8 aromatic carbocycles. The standard InChI is InChI=1S/C25H29N3O5S.C24H28N4O6S.C24H27N3O6S.C23H26BrN3O5S/c1-5-18-13-19(33-6-2)11-12-24(18)34(30,31)27-15-17(3)23(16-27)28-22-10-8-7-9-20(22)21(26-28)14-25(29)32-4;1-4-34-18-9-10-23(17(11-18)13-25-33-3)35(31,32)27-14-16(2)22(15-27)28-21-8-6-5-7-19(21)20(26-28)12-24(29)30;1-4-33-18-9-10-23(17(11-18)15-28)34(30,31)26-13-16(2)22(14-26)27-21-8-6-5-7-19(21)20(25-27)12-24(29)32-3;1-4-32-16-9-10-22(18(24)11-16)33(29,30)26-13-15(2)21(14-26)27-20-8-6-5-7-17(20)19(25-27)12-23(28)31-3/h5,7-13,17,23H,1,6,14-16H2,2-4H3;5-11,13,16,22H,4,12,14-15H2,1-3H3,(H,29,30);5-11,15-16,22H,4,12-14H2,1-3H3;5-11,15,21H,4,12-14H2,1-3H3/t17-,23+;2*16-,22+;15-,21+/m1111/s1. The molecule has 8 atom stereocenters. The number of fused-ring (bicyclic) bond motifs is 4. The number of esters is 3. The van der Waals surface area contributed by atoms with E-state index in [0.29, 0.717) is 114 Å². The minimum Gasteiger partial charge on any atom is -0.494 e. The van der Waals surface area contributed by atoms with Gasteiger partial charge in [-0.05, 0) is 170 Å². The van der Waals surface area contributed by atoms with Crippen LogP contribution in [0.25, 0.3) is 49.7 Å². The Balaban J connectivity index is 0.000000153. The number of ether oxygens (including phenoxy) is 7. The van der Waals surface area contributed by atoms with Gasteiger partial charge in [-0.25, -0.2) is 33.7 Å². The molecule has 12 aromatic rings. The molecule has 4 fully saturated rings. The van der Waals surface area contributed by atoms with Crippen LogP contribution in [0.1, 0.15) is 124 Å². The summed E-state index contributed by atoms with van der Waals surface area (Å²) in [4.78, 5) is 63.9.